The van der Waals surface area contributed by atoms with Gasteiger partial charge in [-0.15, -0.1) is 0 Å². The van der Waals surface area contributed by atoms with E-state index >= 15 is 0 Å². The van der Waals surface area contributed by atoms with E-state index in [2.05, 4.69) is 4.74 Å². The van der Waals surface area contributed by atoms with Gasteiger partial charge in [-0.1, -0.05) is 24.3 Å². The van der Waals surface area contributed by atoms with Crippen molar-refractivity contribution in [1.29, 1.82) is 0 Å². The molecule has 2 aromatic rings. The molecule has 0 aliphatic carbocycles. The van der Waals surface area contributed by atoms with Gasteiger partial charge in [-0.3, -0.25) is 0 Å². The van der Waals surface area contributed by atoms with E-state index in [-0.39, 0.29) is 15.4 Å². The third kappa shape index (κ3) is 4.37. The number of benzene rings is 2. The van der Waals surface area contributed by atoms with Gasteiger partial charge in [0.15, 0.2) is 9.84 Å². The highest BCUT2D eigenvalue weighted by Crippen LogP contribution is 2.28. The summed E-state index contributed by atoms with van der Waals surface area (Å²) in [5.41, 5.74) is 0.565. The van der Waals surface area contributed by atoms with Gasteiger partial charge in [-0.05, 0) is 36.8 Å². The molecular formula is C18H21NO6S2. The van der Waals surface area contributed by atoms with E-state index in [0.717, 1.165) is 10.6 Å². The lowest BCUT2D eigenvalue weighted by molar-refractivity contribution is 0.0596. The third-order valence-electron chi connectivity index (χ3n) is 4.29. The monoisotopic (exact) mass is 411 g/mol. The standard InChI is InChI=1S/C18H21NO6S2/c1-13(14-9-11-15(12-10-14)26(4,21)22)19(2)27(23,24)17-8-6-5-7-16(17)18(20)25-3/h5-13H,1-4H3. The quantitative estimate of drug-likeness (QED) is 0.676. The van der Waals surface area contributed by atoms with Crippen LogP contribution in [0.4, 0.5) is 0 Å². The van der Waals surface area contributed by atoms with Crippen molar-refractivity contribution in [2.24, 2.45) is 0 Å². The Labute approximate surface area is 159 Å². The second-order valence-electron chi connectivity index (χ2n) is 6.03. The average Bonchev–Trinajstić information content (AvgIpc) is 2.65. The van der Waals surface area contributed by atoms with Crippen LogP contribution < -0.4 is 0 Å². The summed E-state index contributed by atoms with van der Waals surface area (Å²) in [5, 5.41) is 0. The summed E-state index contributed by atoms with van der Waals surface area (Å²) in [4.78, 5) is 11.9. The molecule has 0 aliphatic heterocycles. The molecule has 0 bridgehead atoms. The van der Waals surface area contributed by atoms with Crippen LogP contribution in [0.15, 0.2) is 58.3 Å². The first kappa shape index (κ1) is 21.1. The van der Waals surface area contributed by atoms with Gasteiger partial charge in [-0.25, -0.2) is 21.6 Å². The lowest BCUT2D eigenvalue weighted by atomic mass is 10.1. The molecule has 2 aromatic carbocycles. The highest BCUT2D eigenvalue weighted by molar-refractivity contribution is 7.90. The van der Waals surface area contributed by atoms with Gasteiger partial charge in [0.2, 0.25) is 10.0 Å². The van der Waals surface area contributed by atoms with Crippen LogP contribution in [0.25, 0.3) is 0 Å². The first-order chi connectivity index (χ1) is 12.5. The van der Waals surface area contributed by atoms with Crippen molar-refractivity contribution >= 4 is 25.8 Å². The number of methoxy groups -OCH3 is 1. The normalized spacial score (nSPS) is 13.4. The molecule has 0 saturated carbocycles. The van der Waals surface area contributed by atoms with Crippen molar-refractivity contribution < 1.29 is 26.4 Å². The highest BCUT2D eigenvalue weighted by atomic mass is 32.2. The van der Waals surface area contributed by atoms with E-state index in [9.17, 15) is 21.6 Å². The molecule has 0 fully saturated rings. The molecule has 9 heteroatoms. The van der Waals surface area contributed by atoms with Crippen LogP contribution in [0.1, 0.15) is 28.9 Å². The van der Waals surface area contributed by atoms with E-state index in [1.165, 1.54) is 44.5 Å². The highest BCUT2D eigenvalue weighted by Gasteiger charge is 2.30. The summed E-state index contributed by atoms with van der Waals surface area (Å²) >= 11 is 0. The first-order valence-electron chi connectivity index (χ1n) is 7.95. The zero-order chi connectivity index (χ0) is 20.4. The fraction of sp³-hybridized carbons (Fsp3) is 0.278. The second kappa shape index (κ2) is 7.79. The maximum Gasteiger partial charge on any atom is 0.339 e. The zero-order valence-electron chi connectivity index (χ0n) is 15.4. The molecule has 0 spiro atoms. The van der Waals surface area contributed by atoms with Gasteiger partial charge < -0.3 is 4.74 Å². The van der Waals surface area contributed by atoms with Crippen molar-refractivity contribution in [1.82, 2.24) is 4.31 Å². The van der Waals surface area contributed by atoms with Crippen LogP contribution >= 0.6 is 0 Å². The molecule has 27 heavy (non-hydrogen) atoms. The maximum absolute atomic E-state index is 13.0. The minimum atomic E-state index is -4.00. The summed E-state index contributed by atoms with van der Waals surface area (Å²) in [5.74, 6) is -0.743. The van der Waals surface area contributed by atoms with Crippen molar-refractivity contribution in [2.75, 3.05) is 20.4 Å². The molecule has 1 atom stereocenters. The van der Waals surface area contributed by atoms with E-state index in [4.69, 9.17) is 0 Å². The number of rotatable bonds is 6. The Hall–Kier alpha value is -2.23. The number of sulfonamides is 1. The van der Waals surface area contributed by atoms with Crippen LogP contribution in [-0.2, 0) is 24.6 Å². The van der Waals surface area contributed by atoms with E-state index in [0.29, 0.717) is 5.56 Å². The second-order valence-corrected chi connectivity index (χ2v) is 10.0. The van der Waals surface area contributed by atoms with Crippen molar-refractivity contribution in [3.05, 3.63) is 59.7 Å². The predicted molar refractivity (Wildman–Crippen MR) is 101 cm³/mol. The number of hydrogen-bond donors (Lipinski definition) is 0. The Morgan fingerprint density at radius 2 is 1.56 bits per heavy atom. The zero-order valence-corrected chi connectivity index (χ0v) is 17.0. The molecule has 0 radical (unpaired) electrons. The van der Waals surface area contributed by atoms with Crippen molar-refractivity contribution in [2.45, 2.75) is 22.8 Å². The minimum Gasteiger partial charge on any atom is -0.465 e. The summed E-state index contributed by atoms with van der Waals surface area (Å²) in [6, 6.07) is 11.2. The minimum absolute atomic E-state index is 0.0496. The number of sulfone groups is 1. The number of carbonyl (C=O) groups excluding carboxylic acids is 1. The molecule has 146 valence electrons. The van der Waals surface area contributed by atoms with Crippen molar-refractivity contribution in [3.63, 3.8) is 0 Å². The molecule has 0 saturated heterocycles. The lowest BCUT2D eigenvalue weighted by Gasteiger charge is -2.25. The van der Waals surface area contributed by atoms with Gasteiger partial charge in [-0.2, -0.15) is 4.31 Å². The molecular weight excluding hydrogens is 390 g/mol. The Bertz CT molecular complexity index is 1040. The third-order valence-corrected chi connectivity index (χ3v) is 7.40. The smallest absolute Gasteiger partial charge is 0.339 e. The number of nitrogens with zero attached hydrogens (tertiary/aromatic N) is 1. The molecule has 0 aliphatic rings. The number of carbonyl (C=O) groups is 1. The summed E-state index contributed by atoms with van der Waals surface area (Å²) in [6.07, 6.45) is 1.10. The summed E-state index contributed by atoms with van der Waals surface area (Å²) < 4.78 is 55.0. The van der Waals surface area contributed by atoms with Crippen LogP contribution in [0.3, 0.4) is 0 Å². The molecule has 2 rings (SSSR count). The lowest BCUT2D eigenvalue weighted by Crippen LogP contribution is -2.31. The Kier molecular flexibility index (Phi) is 6.08. The Morgan fingerprint density at radius 1 is 1.00 bits per heavy atom. The molecule has 1 unspecified atom stereocenters. The number of ether oxygens (including phenoxy) is 1. The molecule has 0 aromatic heterocycles. The SMILES string of the molecule is COC(=O)c1ccccc1S(=O)(=O)N(C)C(C)c1ccc(S(C)(=O)=O)cc1. The Morgan fingerprint density at radius 3 is 2.07 bits per heavy atom. The molecule has 0 amide bonds. The number of esters is 1. The predicted octanol–water partition coefficient (Wildman–Crippen LogP) is 2.26. The van der Waals surface area contributed by atoms with E-state index in [1.54, 1.807) is 25.1 Å². The fourth-order valence-electron chi connectivity index (χ4n) is 2.54. The van der Waals surface area contributed by atoms with Crippen LogP contribution in [0.5, 0.6) is 0 Å². The summed E-state index contributed by atoms with van der Waals surface area (Å²) in [7, 11) is -4.75. The van der Waals surface area contributed by atoms with Gasteiger partial charge >= 0.3 is 5.97 Å². The molecule has 0 heterocycles. The fourth-order valence-corrected chi connectivity index (χ4v) is 4.70. The van der Waals surface area contributed by atoms with Crippen LogP contribution in [0, 0.1) is 0 Å². The Balaban J connectivity index is 2.41. The molecule has 7 nitrogen and oxygen atoms in total. The first-order valence-corrected chi connectivity index (χ1v) is 11.3. The van der Waals surface area contributed by atoms with E-state index in [1.807, 2.05) is 0 Å². The largest absolute Gasteiger partial charge is 0.465 e. The van der Waals surface area contributed by atoms with Gasteiger partial charge in [0.05, 0.1) is 22.5 Å². The van der Waals surface area contributed by atoms with Crippen LogP contribution in [-0.4, -0.2) is 47.5 Å². The van der Waals surface area contributed by atoms with Gasteiger partial charge in [0.25, 0.3) is 0 Å². The average molecular weight is 412 g/mol. The van der Waals surface area contributed by atoms with E-state index < -0.39 is 31.9 Å². The molecule has 0 N–H and O–H groups in total. The summed E-state index contributed by atoms with van der Waals surface area (Å²) in [6.45, 7) is 1.67. The topological polar surface area (TPSA) is 97.8 Å². The van der Waals surface area contributed by atoms with Gasteiger partial charge in [0, 0.05) is 19.3 Å². The van der Waals surface area contributed by atoms with Gasteiger partial charge in [0.1, 0.15) is 0 Å². The van der Waals surface area contributed by atoms with Crippen molar-refractivity contribution in [3.8, 4) is 0 Å². The van der Waals surface area contributed by atoms with Crippen LogP contribution in [0.2, 0.25) is 0 Å². The maximum atomic E-state index is 13.0. The number of hydrogen-bond acceptors (Lipinski definition) is 6.